The van der Waals surface area contributed by atoms with E-state index >= 15 is 0 Å². The molecule has 0 bridgehead atoms. The van der Waals surface area contributed by atoms with E-state index in [1.165, 1.54) is 31.1 Å². The number of nitrogens with zero attached hydrogens (tertiary/aromatic N) is 2. The Bertz CT molecular complexity index is 812. The van der Waals surface area contributed by atoms with E-state index in [2.05, 4.69) is 5.32 Å². The van der Waals surface area contributed by atoms with Crippen LogP contribution in [0.2, 0.25) is 0 Å². The lowest BCUT2D eigenvalue weighted by atomic mass is 9.94. The van der Waals surface area contributed by atoms with Crippen molar-refractivity contribution in [3.05, 3.63) is 17.7 Å². The standard InChI is InChI=1S/C22H31N3O6/c1-24(13-14-10-17(29-2)20(31-4)18(11-14)30-3)19(26)12-16-21(27)25(22(28)23-16)15-8-6-5-7-9-15/h10-11,15-16H,5-9,12-13H2,1-4H3,(H,23,28)/t16-/m0/s1. The molecular formula is C22H31N3O6. The molecule has 0 unspecified atom stereocenters. The van der Waals surface area contributed by atoms with Crippen LogP contribution in [0.25, 0.3) is 0 Å². The second kappa shape index (κ2) is 9.89. The van der Waals surface area contributed by atoms with Gasteiger partial charge >= 0.3 is 6.03 Å². The second-order valence-electron chi connectivity index (χ2n) is 7.99. The van der Waals surface area contributed by atoms with E-state index in [1.807, 2.05) is 0 Å². The summed E-state index contributed by atoms with van der Waals surface area (Å²) >= 11 is 0. The Balaban J connectivity index is 1.64. The highest BCUT2D eigenvalue weighted by molar-refractivity contribution is 6.06. The van der Waals surface area contributed by atoms with E-state index in [4.69, 9.17) is 14.2 Å². The van der Waals surface area contributed by atoms with Crippen molar-refractivity contribution in [2.24, 2.45) is 0 Å². The maximum absolute atomic E-state index is 12.8. The van der Waals surface area contributed by atoms with Gasteiger partial charge in [0.25, 0.3) is 5.91 Å². The van der Waals surface area contributed by atoms with Gasteiger partial charge in [-0.1, -0.05) is 19.3 Å². The van der Waals surface area contributed by atoms with Crippen molar-refractivity contribution in [3.8, 4) is 17.2 Å². The first-order valence-corrected chi connectivity index (χ1v) is 10.6. The number of urea groups is 1. The molecule has 1 aliphatic carbocycles. The van der Waals surface area contributed by atoms with Gasteiger partial charge in [-0.15, -0.1) is 0 Å². The van der Waals surface area contributed by atoms with Crippen LogP contribution in [0.4, 0.5) is 4.79 Å². The summed E-state index contributed by atoms with van der Waals surface area (Å²) in [6, 6.07) is 2.29. The van der Waals surface area contributed by atoms with E-state index in [0.29, 0.717) is 17.2 Å². The van der Waals surface area contributed by atoms with Crippen molar-refractivity contribution in [1.82, 2.24) is 15.1 Å². The topological polar surface area (TPSA) is 97.4 Å². The first-order valence-electron chi connectivity index (χ1n) is 10.6. The van der Waals surface area contributed by atoms with Crippen LogP contribution in [0.1, 0.15) is 44.1 Å². The number of imide groups is 1. The van der Waals surface area contributed by atoms with E-state index in [9.17, 15) is 14.4 Å². The minimum absolute atomic E-state index is 0.0571. The molecule has 1 saturated heterocycles. The van der Waals surface area contributed by atoms with Crippen LogP contribution in [0, 0.1) is 0 Å². The highest BCUT2D eigenvalue weighted by Crippen LogP contribution is 2.38. The number of hydrogen-bond donors (Lipinski definition) is 1. The van der Waals surface area contributed by atoms with Gasteiger partial charge in [-0.3, -0.25) is 14.5 Å². The zero-order chi connectivity index (χ0) is 22.5. The van der Waals surface area contributed by atoms with Gasteiger partial charge in [0.15, 0.2) is 11.5 Å². The molecule has 0 aromatic heterocycles. The average molecular weight is 434 g/mol. The molecule has 9 nitrogen and oxygen atoms in total. The van der Waals surface area contributed by atoms with Crippen LogP contribution < -0.4 is 19.5 Å². The number of amides is 4. The predicted molar refractivity (Wildman–Crippen MR) is 113 cm³/mol. The molecule has 170 valence electrons. The van der Waals surface area contributed by atoms with Crippen molar-refractivity contribution in [1.29, 1.82) is 0 Å². The highest BCUT2D eigenvalue weighted by Gasteiger charge is 2.43. The minimum atomic E-state index is -0.815. The number of ether oxygens (including phenoxy) is 3. The van der Waals surface area contributed by atoms with Gasteiger partial charge in [-0.2, -0.15) is 0 Å². The molecule has 4 amide bonds. The van der Waals surface area contributed by atoms with Gasteiger partial charge in [0.05, 0.1) is 27.8 Å². The minimum Gasteiger partial charge on any atom is -0.493 e. The average Bonchev–Trinajstić information content (AvgIpc) is 3.05. The van der Waals surface area contributed by atoms with E-state index in [1.54, 1.807) is 19.2 Å². The molecule has 3 rings (SSSR count). The molecular weight excluding hydrogens is 402 g/mol. The molecule has 9 heteroatoms. The Kier molecular flexibility index (Phi) is 7.25. The number of benzene rings is 1. The van der Waals surface area contributed by atoms with Crippen molar-refractivity contribution in [2.75, 3.05) is 28.4 Å². The summed E-state index contributed by atoms with van der Waals surface area (Å²) < 4.78 is 16.0. The largest absolute Gasteiger partial charge is 0.493 e. The van der Waals surface area contributed by atoms with Crippen molar-refractivity contribution in [3.63, 3.8) is 0 Å². The smallest absolute Gasteiger partial charge is 0.325 e. The zero-order valence-electron chi connectivity index (χ0n) is 18.6. The molecule has 0 radical (unpaired) electrons. The zero-order valence-corrected chi connectivity index (χ0v) is 18.6. The molecule has 1 heterocycles. The van der Waals surface area contributed by atoms with Crippen molar-refractivity contribution in [2.45, 2.75) is 57.2 Å². The predicted octanol–water partition coefficient (Wildman–Crippen LogP) is 2.31. The van der Waals surface area contributed by atoms with Crippen LogP contribution in [-0.2, 0) is 16.1 Å². The lowest BCUT2D eigenvalue weighted by molar-refractivity contribution is -0.136. The van der Waals surface area contributed by atoms with E-state index in [-0.39, 0.29) is 36.9 Å². The monoisotopic (exact) mass is 433 g/mol. The number of carbonyl (C=O) groups is 3. The van der Waals surface area contributed by atoms with Gasteiger partial charge in [0, 0.05) is 19.6 Å². The molecule has 1 saturated carbocycles. The number of nitrogens with one attached hydrogen (secondary N) is 1. The molecule has 1 aromatic carbocycles. The SMILES string of the molecule is COc1cc(CN(C)C(=O)C[C@@H]2NC(=O)N(C3CCCCC3)C2=O)cc(OC)c1OC. The van der Waals surface area contributed by atoms with E-state index < -0.39 is 6.04 Å². The Morgan fingerprint density at radius 1 is 1.06 bits per heavy atom. The lowest BCUT2D eigenvalue weighted by Crippen LogP contribution is -2.42. The Labute approximate surface area is 182 Å². The summed E-state index contributed by atoms with van der Waals surface area (Å²) in [6.45, 7) is 0.288. The lowest BCUT2D eigenvalue weighted by Gasteiger charge is -2.28. The van der Waals surface area contributed by atoms with Crippen molar-refractivity contribution < 1.29 is 28.6 Å². The van der Waals surface area contributed by atoms with Gasteiger partial charge < -0.3 is 24.4 Å². The Hall–Kier alpha value is -2.97. The summed E-state index contributed by atoms with van der Waals surface area (Å²) in [5.74, 6) is 0.937. The molecule has 1 atom stereocenters. The Morgan fingerprint density at radius 2 is 1.68 bits per heavy atom. The Morgan fingerprint density at radius 3 is 2.23 bits per heavy atom. The summed E-state index contributed by atoms with van der Waals surface area (Å²) in [4.78, 5) is 40.8. The highest BCUT2D eigenvalue weighted by atomic mass is 16.5. The third kappa shape index (κ3) is 4.86. The molecule has 1 N–H and O–H groups in total. The number of hydrogen-bond acceptors (Lipinski definition) is 6. The third-order valence-corrected chi connectivity index (χ3v) is 5.94. The third-order valence-electron chi connectivity index (χ3n) is 5.94. The van der Waals surface area contributed by atoms with Crippen molar-refractivity contribution >= 4 is 17.8 Å². The van der Waals surface area contributed by atoms with Crippen LogP contribution in [-0.4, -0.2) is 68.1 Å². The van der Waals surface area contributed by atoms with Gasteiger partial charge in [0.1, 0.15) is 6.04 Å². The maximum Gasteiger partial charge on any atom is 0.325 e. The van der Waals surface area contributed by atoms with Crippen LogP contribution >= 0.6 is 0 Å². The van der Waals surface area contributed by atoms with Gasteiger partial charge in [0.2, 0.25) is 11.7 Å². The quantitative estimate of drug-likeness (QED) is 0.632. The molecule has 1 aliphatic heterocycles. The van der Waals surface area contributed by atoms with Crippen LogP contribution in [0.5, 0.6) is 17.2 Å². The summed E-state index contributed by atoms with van der Waals surface area (Å²) in [5, 5.41) is 2.69. The fraction of sp³-hybridized carbons (Fsp3) is 0.591. The second-order valence-corrected chi connectivity index (χ2v) is 7.99. The summed E-state index contributed by atoms with van der Waals surface area (Å²) in [6.07, 6.45) is 4.76. The summed E-state index contributed by atoms with van der Waals surface area (Å²) in [5.41, 5.74) is 0.788. The first-order chi connectivity index (χ1) is 14.9. The van der Waals surface area contributed by atoms with Gasteiger partial charge in [-0.25, -0.2) is 4.79 Å². The summed E-state index contributed by atoms with van der Waals surface area (Å²) in [7, 11) is 6.25. The fourth-order valence-electron chi connectivity index (χ4n) is 4.29. The molecule has 1 aromatic rings. The normalized spacial score (nSPS) is 19.2. The molecule has 0 spiro atoms. The van der Waals surface area contributed by atoms with Gasteiger partial charge in [-0.05, 0) is 30.5 Å². The number of methoxy groups -OCH3 is 3. The fourth-order valence-corrected chi connectivity index (χ4v) is 4.29. The first kappa shape index (κ1) is 22.7. The number of carbonyl (C=O) groups excluding carboxylic acids is 3. The maximum atomic E-state index is 12.8. The van der Waals surface area contributed by atoms with E-state index in [0.717, 1.165) is 37.7 Å². The van der Waals surface area contributed by atoms with Crippen LogP contribution in [0.3, 0.4) is 0 Å². The molecule has 2 aliphatic rings. The van der Waals surface area contributed by atoms with Crippen LogP contribution in [0.15, 0.2) is 12.1 Å². The number of rotatable bonds is 8. The molecule has 2 fully saturated rings. The molecule has 31 heavy (non-hydrogen) atoms.